The summed E-state index contributed by atoms with van der Waals surface area (Å²) in [4.78, 5) is 43.2. The van der Waals surface area contributed by atoms with Crippen molar-refractivity contribution in [3.05, 3.63) is 94.1 Å². The van der Waals surface area contributed by atoms with Gasteiger partial charge in [-0.3, -0.25) is 28.9 Å². The van der Waals surface area contributed by atoms with Crippen molar-refractivity contribution in [2.75, 3.05) is 6.54 Å². The maximum atomic E-state index is 14.2. The molecule has 2 heterocycles. The summed E-state index contributed by atoms with van der Waals surface area (Å²) >= 11 is 5.81. The van der Waals surface area contributed by atoms with E-state index < -0.39 is 23.9 Å². The van der Waals surface area contributed by atoms with Gasteiger partial charge < -0.3 is 21.5 Å². The Morgan fingerprint density at radius 3 is 2.52 bits per heavy atom. The lowest BCUT2D eigenvalue weighted by Crippen LogP contribution is -2.48. The summed E-state index contributed by atoms with van der Waals surface area (Å²) in [5.74, 6) is -2.19. The van der Waals surface area contributed by atoms with Gasteiger partial charge in [0, 0.05) is 48.0 Å². The number of carbonyl (C=O) groups is 3. The number of nitrogens with one attached hydrogen (secondary N) is 2. The maximum Gasteiger partial charge on any atom is 0.269 e. The highest BCUT2D eigenvalue weighted by molar-refractivity contribution is 6.30. The normalized spacial score (nSPS) is 12.1. The third-order valence-electron chi connectivity index (χ3n) is 6.66. The van der Waals surface area contributed by atoms with Gasteiger partial charge in [0.1, 0.15) is 12.0 Å². The molecule has 2 aromatic carbocycles. The number of hydrogen-bond acceptors (Lipinski definition) is 7. The van der Waals surface area contributed by atoms with Gasteiger partial charge in [-0.2, -0.15) is 5.10 Å². The van der Waals surface area contributed by atoms with Crippen molar-refractivity contribution < 1.29 is 23.9 Å². The molecule has 13 heteroatoms. The van der Waals surface area contributed by atoms with Crippen LogP contribution in [0.3, 0.4) is 0 Å². The highest BCUT2D eigenvalue weighted by atomic mass is 35.5. The topological polar surface area (TPSA) is 155 Å². The van der Waals surface area contributed by atoms with Crippen LogP contribution in [0.1, 0.15) is 45.8 Å². The molecule has 0 bridgehead atoms. The number of nitrogens with zero attached hydrogens (tertiary/aromatic N) is 4. The van der Waals surface area contributed by atoms with Crippen LogP contribution in [-0.2, 0) is 24.4 Å². The Hall–Kier alpha value is -4.39. The molecule has 0 saturated heterocycles. The molecule has 0 spiro atoms. The summed E-state index contributed by atoms with van der Waals surface area (Å²) < 4.78 is 15.6. The predicted molar refractivity (Wildman–Crippen MR) is 155 cm³/mol. The molecule has 0 radical (unpaired) electrons. The Labute approximate surface area is 246 Å². The Morgan fingerprint density at radius 2 is 1.83 bits per heavy atom. The number of primary amides is 1. The Bertz CT molecular complexity index is 1600. The first kappa shape index (κ1) is 30.6. The van der Waals surface area contributed by atoms with Crippen LogP contribution in [0.4, 0.5) is 4.39 Å². The average molecular weight is 596 g/mol. The first-order chi connectivity index (χ1) is 20.0. The van der Waals surface area contributed by atoms with Gasteiger partial charge in [0.05, 0.1) is 23.6 Å². The minimum Gasteiger partial charge on any atom is -0.376 e. The third kappa shape index (κ3) is 7.27. The molecule has 1 unspecified atom stereocenters. The number of halogens is 2. The quantitative estimate of drug-likeness (QED) is 0.183. The molecule has 0 aliphatic rings. The molecule has 2 aromatic heterocycles. The predicted octanol–water partition coefficient (Wildman–Crippen LogP) is 2.60. The fourth-order valence-corrected chi connectivity index (χ4v) is 4.61. The minimum atomic E-state index is -1.19. The second kappa shape index (κ2) is 13.5. The van der Waals surface area contributed by atoms with Crippen LogP contribution < -0.4 is 16.4 Å². The standard InChI is InChI=1S/C29H31ClFN7O4/c1-17(2)37(15-24(39)34-14-20-4-3-5-22(30)26(20)31)25(40)16-38-23-7-6-19(12-21(23)27(36-38)28(32)41)29(42)35-13-18-8-10-33-11-9-18/h3-12,17,25,40H,13-16H2,1-2H3,(H2,32,41)(H,34,39)(H,35,42). The average Bonchev–Trinajstić information content (AvgIpc) is 3.33. The number of hydrogen-bond donors (Lipinski definition) is 4. The summed E-state index contributed by atoms with van der Waals surface area (Å²) in [7, 11) is 0. The fraction of sp³-hybridized carbons (Fsp3) is 0.276. The van der Waals surface area contributed by atoms with E-state index in [0.29, 0.717) is 23.0 Å². The van der Waals surface area contributed by atoms with Crippen molar-refractivity contribution >= 4 is 40.2 Å². The van der Waals surface area contributed by atoms with E-state index in [1.807, 2.05) is 0 Å². The largest absolute Gasteiger partial charge is 0.376 e. The van der Waals surface area contributed by atoms with Gasteiger partial charge >= 0.3 is 0 Å². The Morgan fingerprint density at radius 1 is 1.10 bits per heavy atom. The van der Waals surface area contributed by atoms with Crippen LogP contribution in [-0.4, -0.2) is 61.3 Å². The number of aliphatic hydroxyl groups is 1. The lowest BCUT2D eigenvalue weighted by Gasteiger charge is -2.31. The summed E-state index contributed by atoms with van der Waals surface area (Å²) in [6, 6.07) is 12.6. The molecule has 11 nitrogen and oxygen atoms in total. The number of benzene rings is 2. The molecular weight excluding hydrogens is 565 g/mol. The second-order valence-corrected chi connectivity index (χ2v) is 10.3. The first-order valence-electron chi connectivity index (χ1n) is 13.2. The zero-order chi connectivity index (χ0) is 30.4. The molecule has 0 fully saturated rings. The van der Waals surface area contributed by atoms with E-state index in [2.05, 4.69) is 20.7 Å². The van der Waals surface area contributed by atoms with E-state index in [1.54, 1.807) is 56.6 Å². The van der Waals surface area contributed by atoms with Gasteiger partial charge in [0.15, 0.2) is 5.69 Å². The highest BCUT2D eigenvalue weighted by Gasteiger charge is 2.25. The molecular formula is C29H31ClFN7O4. The number of rotatable bonds is 12. The molecule has 3 amide bonds. The van der Waals surface area contributed by atoms with E-state index in [1.165, 1.54) is 27.8 Å². The van der Waals surface area contributed by atoms with Gasteiger partial charge in [0.25, 0.3) is 11.8 Å². The van der Waals surface area contributed by atoms with E-state index in [9.17, 15) is 23.9 Å². The second-order valence-electron chi connectivity index (χ2n) is 9.90. The zero-order valence-corrected chi connectivity index (χ0v) is 23.8. The number of amides is 3. The lowest BCUT2D eigenvalue weighted by atomic mass is 10.1. The Balaban J connectivity index is 1.47. The van der Waals surface area contributed by atoms with Crippen molar-refractivity contribution in [2.24, 2.45) is 5.73 Å². The van der Waals surface area contributed by atoms with Crippen molar-refractivity contribution in [3.63, 3.8) is 0 Å². The van der Waals surface area contributed by atoms with Crippen LogP contribution in [0, 0.1) is 5.82 Å². The molecule has 0 saturated carbocycles. The SMILES string of the molecule is CC(C)N(CC(=O)NCc1cccc(Cl)c1F)C(O)Cn1nc(C(N)=O)c2cc(C(=O)NCc3ccncc3)ccc21. The zero-order valence-electron chi connectivity index (χ0n) is 23.1. The molecule has 4 aromatic rings. The maximum absolute atomic E-state index is 14.2. The van der Waals surface area contributed by atoms with Crippen molar-refractivity contribution in [2.45, 2.75) is 45.8 Å². The minimum absolute atomic E-state index is 0.0412. The summed E-state index contributed by atoms with van der Waals surface area (Å²) in [5, 5.41) is 21.2. The van der Waals surface area contributed by atoms with E-state index in [0.717, 1.165) is 5.56 Å². The van der Waals surface area contributed by atoms with E-state index in [-0.39, 0.29) is 47.9 Å². The molecule has 5 N–H and O–H groups in total. The molecule has 0 aliphatic carbocycles. The van der Waals surface area contributed by atoms with Crippen LogP contribution in [0.2, 0.25) is 5.02 Å². The highest BCUT2D eigenvalue weighted by Crippen LogP contribution is 2.22. The molecule has 4 rings (SSSR count). The van der Waals surface area contributed by atoms with Crippen molar-refractivity contribution in [3.8, 4) is 0 Å². The first-order valence-corrected chi connectivity index (χ1v) is 13.5. The van der Waals surface area contributed by atoms with Gasteiger partial charge in [-0.1, -0.05) is 23.7 Å². The number of aliphatic hydroxyl groups excluding tert-OH is 1. The van der Waals surface area contributed by atoms with Crippen LogP contribution in [0.15, 0.2) is 60.9 Å². The number of aromatic nitrogens is 3. The van der Waals surface area contributed by atoms with Gasteiger partial charge in [0.2, 0.25) is 5.91 Å². The molecule has 42 heavy (non-hydrogen) atoms. The van der Waals surface area contributed by atoms with E-state index >= 15 is 0 Å². The van der Waals surface area contributed by atoms with Gasteiger partial charge in [-0.15, -0.1) is 0 Å². The molecule has 1 atom stereocenters. The number of carbonyl (C=O) groups excluding carboxylic acids is 3. The smallest absolute Gasteiger partial charge is 0.269 e. The summed E-state index contributed by atoms with van der Waals surface area (Å²) in [6.07, 6.45) is 2.07. The van der Waals surface area contributed by atoms with Crippen LogP contribution in [0.25, 0.3) is 10.9 Å². The number of fused-ring (bicyclic) bond motifs is 1. The molecule has 0 aliphatic heterocycles. The van der Waals surface area contributed by atoms with Crippen LogP contribution >= 0.6 is 11.6 Å². The monoisotopic (exact) mass is 595 g/mol. The fourth-order valence-electron chi connectivity index (χ4n) is 4.42. The summed E-state index contributed by atoms with van der Waals surface area (Å²) in [5.41, 5.74) is 7.40. The number of nitrogens with two attached hydrogens (primary N) is 1. The van der Waals surface area contributed by atoms with E-state index in [4.69, 9.17) is 17.3 Å². The summed E-state index contributed by atoms with van der Waals surface area (Å²) in [6.45, 7) is 3.54. The van der Waals surface area contributed by atoms with Crippen molar-refractivity contribution in [1.29, 1.82) is 0 Å². The van der Waals surface area contributed by atoms with Gasteiger partial charge in [-0.25, -0.2) is 4.39 Å². The van der Waals surface area contributed by atoms with Crippen LogP contribution in [0.5, 0.6) is 0 Å². The van der Waals surface area contributed by atoms with Crippen molar-refractivity contribution in [1.82, 2.24) is 30.3 Å². The van der Waals surface area contributed by atoms with Gasteiger partial charge in [-0.05, 0) is 55.8 Å². The third-order valence-corrected chi connectivity index (χ3v) is 6.96. The molecule has 220 valence electrons. The number of pyridine rings is 1. The Kier molecular flexibility index (Phi) is 9.84. The lowest BCUT2D eigenvalue weighted by molar-refractivity contribution is -0.127.